The lowest BCUT2D eigenvalue weighted by molar-refractivity contribution is -0.139. The predicted octanol–water partition coefficient (Wildman–Crippen LogP) is 3.53. The van der Waals surface area contributed by atoms with Crippen LogP contribution in [0.1, 0.15) is 51.7 Å². The van der Waals surface area contributed by atoms with E-state index in [2.05, 4.69) is 5.32 Å². The molecule has 0 spiro atoms. The Morgan fingerprint density at radius 2 is 1.63 bits per heavy atom. The normalized spacial score (nSPS) is 12.4. The van der Waals surface area contributed by atoms with E-state index in [9.17, 15) is 18.0 Å². The number of nitrogens with one attached hydrogen (secondary N) is 1. The molecule has 0 unspecified atom stereocenters. The molecule has 2 aromatic carbocycles. The smallest absolute Gasteiger partial charge is 0.244 e. The van der Waals surface area contributed by atoms with E-state index >= 15 is 0 Å². The summed E-state index contributed by atoms with van der Waals surface area (Å²) in [5.41, 5.74) is 2.21. The van der Waals surface area contributed by atoms with Crippen LogP contribution >= 0.6 is 0 Å². The fourth-order valence-corrected chi connectivity index (χ4v) is 4.44. The van der Waals surface area contributed by atoms with Crippen LogP contribution in [-0.4, -0.2) is 57.1 Å². The molecule has 1 N–H and O–H groups in total. The minimum absolute atomic E-state index is 0.106. The summed E-state index contributed by atoms with van der Waals surface area (Å²) in [4.78, 5) is 27.7. The number of sulfonamides is 1. The minimum Gasteiger partial charge on any atom is -0.497 e. The molecule has 2 amide bonds. The van der Waals surface area contributed by atoms with Crippen molar-refractivity contribution in [3.63, 3.8) is 0 Å². The summed E-state index contributed by atoms with van der Waals surface area (Å²) < 4.78 is 31.7. The van der Waals surface area contributed by atoms with Crippen molar-refractivity contribution >= 4 is 27.5 Å². The number of methoxy groups -OCH3 is 1. The molecular weight excluding hydrogens is 466 g/mol. The Labute approximate surface area is 209 Å². The largest absolute Gasteiger partial charge is 0.497 e. The van der Waals surface area contributed by atoms with Crippen molar-refractivity contribution in [1.29, 1.82) is 0 Å². The molecule has 2 aromatic rings. The van der Waals surface area contributed by atoms with Gasteiger partial charge in [0.2, 0.25) is 21.8 Å². The lowest BCUT2D eigenvalue weighted by atomic mass is 10.0. The molecule has 0 aliphatic rings. The van der Waals surface area contributed by atoms with E-state index in [1.807, 2.05) is 45.9 Å². The Bertz CT molecular complexity index is 1110. The zero-order valence-electron chi connectivity index (χ0n) is 21.6. The van der Waals surface area contributed by atoms with E-state index in [0.29, 0.717) is 11.4 Å². The molecule has 1 atom stereocenters. The molecule has 0 saturated carbocycles. The standard InChI is InChI=1S/C26H37N3O5S/c1-18(2)22-11-13-23(14-12-22)29(35(7,32)33)17-25(30)28(20(5)26(31)27-19(3)4)16-21-9-8-10-24(15-21)34-6/h8-15,18-20H,16-17H2,1-7H3,(H,27,31)/t20-/m0/s1. The van der Waals surface area contributed by atoms with Crippen molar-refractivity contribution in [2.45, 2.75) is 59.2 Å². The third kappa shape index (κ3) is 7.99. The molecule has 0 aliphatic heterocycles. The van der Waals surface area contributed by atoms with Gasteiger partial charge in [-0.05, 0) is 62.1 Å². The summed E-state index contributed by atoms with van der Waals surface area (Å²) in [6, 6.07) is 13.4. The lowest BCUT2D eigenvalue weighted by Gasteiger charge is -2.32. The number of amides is 2. The number of nitrogens with zero attached hydrogens (tertiary/aromatic N) is 2. The Morgan fingerprint density at radius 3 is 2.14 bits per heavy atom. The number of ether oxygens (including phenoxy) is 1. The number of benzene rings is 2. The molecule has 9 heteroatoms. The molecule has 8 nitrogen and oxygen atoms in total. The summed E-state index contributed by atoms with van der Waals surface area (Å²) in [6.07, 6.45) is 1.07. The van der Waals surface area contributed by atoms with Gasteiger partial charge in [0.05, 0.1) is 19.1 Å². The van der Waals surface area contributed by atoms with Crippen molar-refractivity contribution in [1.82, 2.24) is 10.2 Å². The average molecular weight is 504 g/mol. The van der Waals surface area contributed by atoms with Crippen LogP contribution in [0, 0.1) is 0 Å². The van der Waals surface area contributed by atoms with Gasteiger partial charge in [-0.25, -0.2) is 8.42 Å². The summed E-state index contributed by atoms with van der Waals surface area (Å²) in [6.45, 7) is 9.10. The zero-order valence-corrected chi connectivity index (χ0v) is 22.4. The van der Waals surface area contributed by atoms with E-state index in [0.717, 1.165) is 21.7 Å². The Balaban J connectivity index is 2.40. The fourth-order valence-electron chi connectivity index (χ4n) is 3.59. The topological polar surface area (TPSA) is 96.0 Å². The second-order valence-corrected chi connectivity index (χ2v) is 11.1. The molecular formula is C26H37N3O5S. The first-order chi connectivity index (χ1) is 16.3. The minimum atomic E-state index is -3.76. The van der Waals surface area contributed by atoms with E-state index in [1.54, 1.807) is 44.4 Å². The van der Waals surface area contributed by atoms with Gasteiger partial charge in [-0.2, -0.15) is 0 Å². The predicted molar refractivity (Wildman–Crippen MR) is 139 cm³/mol. The van der Waals surface area contributed by atoms with Crippen molar-refractivity contribution in [2.24, 2.45) is 0 Å². The van der Waals surface area contributed by atoms with Crippen molar-refractivity contribution in [2.75, 3.05) is 24.2 Å². The quantitative estimate of drug-likeness (QED) is 0.506. The van der Waals surface area contributed by atoms with Crippen molar-refractivity contribution in [3.8, 4) is 5.75 Å². The molecule has 192 valence electrons. The first-order valence-electron chi connectivity index (χ1n) is 11.6. The van der Waals surface area contributed by atoms with E-state index in [1.165, 1.54) is 4.90 Å². The van der Waals surface area contributed by atoms with Crippen molar-refractivity contribution in [3.05, 3.63) is 59.7 Å². The molecule has 0 saturated heterocycles. The Kier molecular flexibility index (Phi) is 9.71. The van der Waals surface area contributed by atoms with Gasteiger partial charge in [-0.15, -0.1) is 0 Å². The van der Waals surface area contributed by atoms with Crippen LogP contribution in [0.2, 0.25) is 0 Å². The van der Waals surface area contributed by atoms with Gasteiger partial charge in [0.1, 0.15) is 18.3 Å². The second-order valence-electron chi connectivity index (χ2n) is 9.23. The maximum atomic E-state index is 13.5. The van der Waals surface area contributed by atoms with Crippen LogP contribution in [-0.2, 0) is 26.2 Å². The highest BCUT2D eigenvalue weighted by Crippen LogP contribution is 2.23. The number of hydrogen-bond donors (Lipinski definition) is 1. The number of carbonyl (C=O) groups excluding carboxylic acids is 2. The van der Waals surface area contributed by atoms with Gasteiger partial charge < -0.3 is 15.0 Å². The van der Waals surface area contributed by atoms with E-state index in [-0.39, 0.29) is 24.4 Å². The van der Waals surface area contributed by atoms with Crippen LogP contribution in [0.5, 0.6) is 5.75 Å². The van der Waals surface area contributed by atoms with Crippen LogP contribution in [0.4, 0.5) is 5.69 Å². The third-order valence-electron chi connectivity index (χ3n) is 5.61. The summed E-state index contributed by atoms with van der Waals surface area (Å²) in [5, 5.41) is 2.83. The number of hydrogen-bond acceptors (Lipinski definition) is 5. The SMILES string of the molecule is COc1cccc(CN(C(=O)CN(c2ccc(C(C)C)cc2)S(C)(=O)=O)[C@@H](C)C(=O)NC(C)C)c1. The van der Waals surface area contributed by atoms with Gasteiger partial charge in [-0.1, -0.05) is 38.1 Å². The summed E-state index contributed by atoms with van der Waals surface area (Å²) >= 11 is 0. The molecule has 0 aliphatic carbocycles. The first-order valence-corrected chi connectivity index (χ1v) is 13.5. The first kappa shape index (κ1) is 28.2. The average Bonchev–Trinajstić information content (AvgIpc) is 2.79. The fraction of sp³-hybridized carbons (Fsp3) is 0.462. The van der Waals surface area contributed by atoms with Crippen LogP contribution in [0.3, 0.4) is 0 Å². The number of anilines is 1. The van der Waals surface area contributed by atoms with Gasteiger partial charge >= 0.3 is 0 Å². The van der Waals surface area contributed by atoms with Gasteiger partial charge in [0, 0.05) is 12.6 Å². The highest BCUT2D eigenvalue weighted by molar-refractivity contribution is 7.92. The maximum Gasteiger partial charge on any atom is 0.244 e. The van der Waals surface area contributed by atoms with E-state index in [4.69, 9.17) is 4.74 Å². The van der Waals surface area contributed by atoms with Gasteiger partial charge in [0.25, 0.3) is 0 Å². The third-order valence-corrected chi connectivity index (χ3v) is 6.75. The van der Waals surface area contributed by atoms with Gasteiger partial charge in [-0.3, -0.25) is 13.9 Å². The van der Waals surface area contributed by atoms with Crippen LogP contribution in [0.25, 0.3) is 0 Å². The maximum absolute atomic E-state index is 13.5. The van der Waals surface area contributed by atoms with Gasteiger partial charge in [0.15, 0.2) is 0 Å². The summed E-state index contributed by atoms with van der Waals surface area (Å²) in [7, 11) is -2.21. The van der Waals surface area contributed by atoms with E-state index < -0.39 is 28.5 Å². The lowest BCUT2D eigenvalue weighted by Crippen LogP contribution is -2.52. The number of rotatable bonds is 11. The molecule has 2 rings (SSSR count). The molecule has 0 fully saturated rings. The monoisotopic (exact) mass is 503 g/mol. The zero-order chi connectivity index (χ0) is 26.3. The van der Waals surface area contributed by atoms with Crippen molar-refractivity contribution < 1.29 is 22.7 Å². The Hall–Kier alpha value is -3.07. The Morgan fingerprint density at radius 1 is 1.00 bits per heavy atom. The highest BCUT2D eigenvalue weighted by Gasteiger charge is 2.30. The highest BCUT2D eigenvalue weighted by atomic mass is 32.2. The van der Waals surface area contributed by atoms with Crippen LogP contribution in [0.15, 0.2) is 48.5 Å². The second kappa shape index (κ2) is 12.1. The molecule has 0 aromatic heterocycles. The molecule has 0 heterocycles. The molecule has 0 bridgehead atoms. The number of carbonyl (C=O) groups is 2. The van der Waals surface area contributed by atoms with Crippen LogP contribution < -0.4 is 14.4 Å². The molecule has 0 radical (unpaired) electrons. The molecule has 35 heavy (non-hydrogen) atoms. The summed E-state index contributed by atoms with van der Waals surface area (Å²) in [5.74, 6) is 0.106.